The second-order valence-corrected chi connectivity index (χ2v) is 9.47. The van der Waals surface area contributed by atoms with Crippen molar-refractivity contribution < 1.29 is 9.90 Å². The fourth-order valence-corrected chi connectivity index (χ4v) is 4.85. The average molecular weight is 335 g/mol. The first-order chi connectivity index (χ1) is 11.0. The molecule has 0 aliphatic heterocycles. The van der Waals surface area contributed by atoms with Crippen LogP contribution in [-0.2, 0) is 5.41 Å². The van der Waals surface area contributed by atoms with Gasteiger partial charge in [0.1, 0.15) is 0 Å². The Morgan fingerprint density at radius 1 is 1.00 bits per heavy atom. The molecule has 0 fully saturated rings. The Balaban J connectivity index is 2.23. The molecule has 0 unspecified atom stereocenters. The Labute approximate surface area is 144 Å². The molecule has 1 rings (SSSR count). The van der Waals surface area contributed by atoms with Crippen molar-refractivity contribution >= 4 is 15.5 Å². The molecule has 0 radical (unpaired) electrons. The van der Waals surface area contributed by atoms with Crippen molar-refractivity contribution in [3.05, 3.63) is 35.4 Å². The molecule has 130 valence electrons. The second-order valence-electron chi connectivity index (χ2n) is 7.34. The third kappa shape index (κ3) is 7.82. The van der Waals surface area contributed by atoms with Crippen LogP contribution in [0.3, 0.4) is 0 Å². The van der Waals surface area contributed by atoms with E-state index in [2.05, 4.69) is 20.8 Å². The van der Waals surface area contributed by atoms with E-state index in [0.717, 1.165) is 0 Å². The van der Waals surface area contributed by atoms with Crippen LogP contribution >= 0.6 is 0 Å². The molecule has 1 N–H and O–H groups in total. The van der Waals surface area contributed by atoms with Gasteiger partial charge in [-0.3, -0.25) is 0 Å². The predicted octanol–water partition coefficient (Wildman–Crippen LogP) is 5.42. The highest BCUT2D eigenvalue weighted by Gasteiger charge is 2.20. The van der Waals surface area contributed by atoms with Crippen molar-refractivity contribution in [1.82, 2.24) is 0 Å². The topological polar surface area (TPSA) is 37.3 Å². The molecule has 0 spiro atoms. The van der Waals surface area contributed by atoms with Gasteiger partial charge in [-0.25, -0.2) is 4.79 Å². The van der Waals surface area contributed by atoms with Crippen LogP contribution in [0.5, 0.6) is 0 Å². The Morgan fingerprint density at radius 2 is 1.61 bits per heavy atom. The number of unbranched alkanes of at least 4 members (excludes halogenated alkanes) is 4. The minimum Gasteiger partial charge on any atom is -0.478 e. The lowest BCUT2D eigenvalue weighted by Gasteiger charge is -2.25. The summed E-state index contributed by atoms with van der Waals surface area (Å²) in [5, 5.41) is 8.97. The predicted molar refractivity (Wildman–Crippen MR) is 103 cm³/mol. The molecule has 1 aromatic rings. The van der Waals surface area contributed by atoms with E-state index < -0.39 is 5.97 Å². The van der Waals surface area contributed by atoms with Crippen molar-refractivity contribution in [2.45, 2.75) is 83.2 Å². The molecule has 0 saturated heterocycles. The summed E-state index contributed by atoms with van der Waals surface area (Å²) in [6.45, 7) is 6.81. The number of carboxylic acid groups (broad SMARTS) is 1. The summed E-state index contributed by atoms with van der Waals surface area (Å²) < 4.78 is 0. The van der Waals surface area contributed by atoms with Crippen LogP contribution in [0.1, 0.15) is 81.6 Å². The Hall–Kier alpha value is -1.09. The van der Waals surface area contributed by atoms with Crippen molar-refractivity contribution in [3.63, 3.8) is 0 Å². The van der Waals surface area contributed by atoms with E-state index >= 15 is 0 Å². The van der Waals surface area contributed by atoms with E-state index in [-0.39, 0.29) is 14.9 Å². The van der Waals surface area contributed by atoms with Gasteiger partial charge in [0.05, 0.1) is 5.56 Å². The van der Waals surface area contributed by atoms with Crippen LogP contribution in [0.15, 0.2) is 24.3 Å². The molecule has 0 heterocycles. The summed E-state index contributed by atoms with van der Waals surface area (Å²) in [7, 11) is 0.177. The summed E-state index contributed by atoms with van der Waals surface area (Å²) in [4.78, 5) is 10.9. The van der Waals surface area contributed by atoms with E-state index in [4.69, 9.17) is 5.11 Å². The first kappa shape index (κ1) is 20.0. The van der Waals surface area contributed by atoms with Crippen LogP contribution in [0.2, 0.25) is 12.1 Å². The molecule has 3 heteroatoms. The largest absolute Gasteiger partial charge is 0.478 e. The fourth-order valence-electron chi connectivity index (χ4n) is 3.09. The molecular formula is C20H34O2Si. The maximum absolute atomic E-state index is 10.9. The lowest BCUT2D eigenvalue weighted by molar-refractivity contribution is 0.0697. The van der Waals surface area contributed by atoms with Gasteiger partial charge < -0.3 is 5.11 Å². The number of carboxylic acids is 1. The molecule has 23 heavy (non-hydrogen) atoms. The van der Waals surface area contributed by atoms with E-state index in [1.807, 2.05) is 12.1 Å². The van der Waals surface area contributed by atoms with Crippen molar-refractivity contribution in [1.29, 1.82) is 0 Å². The molecule has 0 amide bonds. The van der Waals surface area contributed by atoms with Gasteiger partial charge in [-0.2, -0.15) is 0 Å². The molecule has 0 aromatic heterocycles. The van der Waals surface area contributed by atoms with Crippen LogP contribution in [0.25, 0.3) is 0 Å². The van der Waals surface area contributed by atoms with E-state index in [1.54, 1.807) is 12.1 Å². The summed E-state index contributed by atoms with van der Waals surface area (Å²) in [6.07, 6.45) is 9.48. The van der Waals surface area contributed by atoms with Gasteiger partial charge in [-0.05, 0) is 29.5 Å². The van der Waals surface area contributed by atoms with Gasteiger partial charge in [-0.1, -0.05) is 83.5 Å². The van der Waals surface area contributed by atoms with E-state index in [1.165, 1.54) is 62.6 Å². The Kier molecular flexibility index (Phi) is 9.23. The van der Waals surface area contributed by atoms with Gasteiger partial charge >= 0.3 is 5.97 Å². The third-order valence-electron chi connectivity index (χ3n) is 4.82. The van der Waals surface area contributed by atoms with Crippen molar-refractivity contribution in [2.24, 2.45) is 0 Å². The third-order valence-corrected chi connectivity index (χ3v) is 6.82. The monoisotopic (exact) mass is 334 g/mol. The maximum Gasteiger partial charge on any atom is 0.335 e. The molecule has 1 aromatic carbocycles. The molecule has 0 atom stereocenters. The Morgan fingerprint density at radius 3 is 2.17 bits per heavy atom. The van der Waals surface area contributed by atoms with Crippen LogP contribution in [0, 0.1) is 0 Å². The lowest BCUT2D eigenvalue weighted by atomic mass is 9.80. The standard InChI is InChI=1S/C20H34O2Si/c1-4-5-6-8-15-23-16-9-7-14-20(2,3)18-12-10-17(11-13-18)19(21)22/h10-13H,4-9,14-16,23H2,1-3H3,(H,21,22). The van der Waals surface area contributed by atoms with Gasteiger partial charge in [0.25, 0.3) is 0 Å². The van der Waals surface area contributed by atoms with Gasteiger partial charge in [0, 0.05) is 9.52 Å². The second kappa shape index (κ2) is 10.6. The SMILES string of the molecule is CCCCCC[SiH2]CCCCC(C)(C)c1ccc(C(=O)O)cc1. The summed E-state index contributed by atoms with van der Waals surface area (Å²) in [5.41, 5.74) is 1.76. The highest BCUT2D eigenvalue weighted by Crippen LogP contribution is 2.29. The number of benzene rings is 1. The molecule has 0 bridgehead atoms. The quantitative estimate of drug-likeness (QED) is 0.409. The maximum atomic E-state index is 10.9. The highest BCUT2D eigenvalue weighted by atomic mass is 28.2. The normalized spacial score (nSPS) is 12.1. The smallest absolute Gasteiger partial charge is 0.335 e. The fraction of sp³-hybridized carbons (Fsp3) is 0.650. The van der Waals surface area contributed by atoms with E-state index in [9.17, 15) is 4.79 Å². The first-order valence-corrected chi connectivity index (χ1v) is 11.3. The van der Waals surface area contributed by atoms with Crippen molar-refractivity contribution in [2.75, 3.05) is 0 Å². The summed E-state index contributed by atoms with van der Waals surface area (Å²) in [6, 6.07) is 10.4. The minimum atomic E-state index is -0.849. The summed E-state index contributed by atoms with van der Waals surface area (Å²) >= 11 is 0. The molecular weight excluding hydrogens is 300 g/mol. The Bertz CT molecular complexity index is 451. The van der Waals surface area contributed by atoms with Crippen LogP contribution in [0.4, 0.5) is 0 Å². The molecule has 0 aliphatic rings. The number of rotatable bonds is 12. The molecule has 2 nitrogen and oxygen atoms in total. The van der Waals surface area contributed by atoms with Crippen LogP contribution in [-0.4, -0.2) is 20.6 Å². The average Bonchev–Trinajstić information content (AvgIpc) is 2.53. The number of carbonyl (C=O) groups is 1. The zero-order chi connectivity index (χ0) is 17.1. The zero-order valence-corrected chi connectivity index (χ0v) is 16.7. The summed E-state index contributed by atoms with van der Waals surface area (Å²) in [5.74, 6) is -0.849. The number of aromatic carboxylic acids is 1. The zero-order valence-electron chi connectivity index (χ0n) is 15.2. The van der Waals surface area contributed by atoms with Crippen LogP contribution < -0.4 is 0 Å². The number of hydrogen-bond donors (Lipinski definition) is 1. The molecule has 0 saturated carbocycles. The number of hydrogen-bond acceptors (Lipinski definition) is 1. The van der Waals surface area contributed by atoms with Gasteiger partial charge in [-0.15, -0.1) is 0 Å². The van der Waals surface area contributed by atoms with Crippen molar-refractivity contribution in [3.8, 4) is 0 Å². The van der Waals surface area contributed by atoms with E-state index in [0.29, 0.717) is 5.56 Å². The highest BCUT2D eigenvalue weighted by molar-refractivity contribution is 6.35. The van der Waals surface area contributed by atoms with Gasteiger partial charge in [0.15, 0.2) is 0 Å². The van der Waals surface area contributed by atoms with Gasteiger partial charge in [0.2, 0.25) is 0 Å². The first-order valence-electron chi connectivity index (χ1n) is 9.31. The lowest BCUT2D eigenvalue weighted by Crippen LogP contribution is -2.17. The minimum absolute atomic E-state index is 0.139. The molecule has 0 aliphatic carbocycles.